The lowest BCUT2D eigenvalue weighted by Crippen LogP contribution is -2.45. The van der Waals surface area contributed by atoms with Crippen LogP contribution in [0.4, 0.5) is 4.79 Å². The number of nitrogens with zero attached hydrogens (tertiary/aromatic N) is 1. The van der Waals surface area contributed by atoms with Gasteiger partial charge < -0.3 is 19.7 Å². The summed E-state index contributed by atoms with van der Waals surface area (Å²) in [6.45, 7) is 7.73. The van der Waals surface area contributed by atoms with Crippen LogP contribution < -0.4 is 10.1 Å². The molecule has 150 valence electrons. The third-order valence-corrected chi connectivity index (χ3v) is 4.39. The molecular weight excluding hydrogens is 368 g/mol. The summed E-state index contributed by atoms with van der Waals surface area (Å²) in [5, 5.41) is 3.53. The zero-order valence-electron chi connectivity index (χ0n) is 16.3. The molecular formula is C20H29ClN2O4. The molecule has 1 N–H and O–H groups in total. The SMILES string of the molecule is CC(C)(C)OC(=O)N1CCCC(CNC(=O)CCOc2cccc(Cl)c2)C1. The highest BCUT2D eigenvalue weighted by molar-refractivity contribution is 6.30. The summed E-state index contributed by atoms with van der Waals surface area (Å²) in [7, 11) is 0. The van der Waals surface area contributed by atoms with E-state index in [2.05, 4.69) is 5.32 Å². The zero-order chi connectivity index (χ0) is 19.9. The van der Waals surface area contributed by atoms with Crippen LogP contribution >= 0.6 is 11.6 Å². The molecule has 2 rings (SSSR count). The molecule has 0 spiro atoms. The first kappa shape index (κ1) is 21.4. The standard InChI is InChI=1S/C20H29ClN2O4/c1-20(2,3)27-19(25)23-10-5-6-15(14-23)13-22-18(24)9-11-26-17-8-4-7-16(21)12-17/h4,7-8,12,15H,5-6,9-11,13-14H2,1-3H3,(H,22,24). The van der Waals surface area contributed by atoms with E-state index in [0.717, 1.165) is 12.8 Å². The molecule has 0 aliphatic carbocycles. The number of rotatable bonds is 6. The van der Waals surface area contributed by atoms with E-state index in [1.807, 2.05) is 20.8 Å². The maximum absolute atomic E-state index is 12.2. The summed E-state index contributed by atoms with van der Waals surface area (Å²) in [6, 6.07) is 7.09. The number of amides is 2. The Hall–Kier alpha value is -1.95. The van der Waals surface area contributed by atoms with Gasteiger partial charge in [-0.1, -0.05) is 17.7 Å². The number of piperidine rings is 1. The highest BCUT2D eigenvalue weighted by Gasteiger charge is 2.27. The van der Waals surface area contributed by atoms with Gasteiger partial charge in [0.25, 0.3) is 0 Å². The summed E-state index contributed by atoms with van der Waals surface area (Å²) in [5.74, 6) is 0.825. The number of halogens is 1. The number of hydrogen-bond donors (Lipinski definition) is 1. The van der Waals surface area contributed by atoms with Gasteiger partial charge in [-0.25, -0.2) is 4.79 Å². The number of hydrogen-bond acceptors (Lipinski definition) is 4. The number of likely N-dealkylation sites (tertiary alicyclic amines) is 1. The number of nitrogens with one attached hydrogen (secondary N) is 1. The van der Waals surface area contributed by atoms with Crippen LogP contribution in [0, 0.1) is 5.92 Å². The second-order valence-electron chi connectivity index (χ2n) is 7.79. The van der Waals surface area contributed by atoms with Gasteiger partial charge in [0.15, 0.2) is 0 Å². The molecule has 0 aromatic heterocycles. The van der Waals surface area contributed by atoms with Gasteiger partial charge in [0.05, 0.1) is 13.0 Å². The molecule has 27 heavy (non-hydrogen) atoms. The minimum Gasteiger partial charge on any atom is -0.493 e. The monoisotopic (exact) mass is 396 g/mol. The quantitative estimate of drug-likeness (QED) is 0.792. The fraction of sp³-hybridized carbons (Fsp3) is 0.600. The molecule has 1 aliphatic rings. The zero-order valence-corrected chi connectivity index (χ0v) is 17.1. The van der Waals surface area contributed by atoms with Crippen molar-refractivity contribution in [1.29, 1.82) is 0 Å². The van der Waals surface area contributed by atoms with Crippen LogP contribution in [0.15, 0.2) is 24.3 Å². The molecule has 0 bridgehead atoms. The van der Waals surface area contributed by atoms with Crippen molar-refractivity contribution in [3.63, 3.8) is 0 Å². The number of benzene rings is 1. The number of carbonyl (C=O) groups is 2. The van der Waals surface area contributed by atoms with Crippen LogP contribution in [0.1, 0.15) is 40.0 Å². The molecule has 0 saturated carbocycles. The minimum absolute atomic E-state index is 0.0635. The van der Waals surface area contributed by atoms with Gasteiger partial charge in [-0.3, -0.25) is 4.79 Å². The molecule has 1 aliphatic heterocycles. The van der Waals surface area contributed by atoms with Gasteiger partial charge >= 0.3 is 6.09 Å². The molecule has 1 unspecified atom stereocenters. The fourth-order valence-corrected chi connectivity index (χ4v) is 3.07. The van der Waals surface area contributed by atoms with Crippen LogP contribution in [-0.2, 0) is 9.53 Å². The molecule has 2 amide bonds. The maximum atomic E-state index is 12.2. The summed E-state index contributed by atoms with van der Waals surface area (Å²) >= 11 is 5.90. The first-order valence-electron chi connectivity index (χ1n) is 9.36. The molecule has 6 nitrogen and oxygen atoms in total. The van der Waals surface area contributed by atoms with Gasteiger partial charge in [0.1, 0.15) is 11.4 Å². The van der Waals surface area contributed by atoms with Crippen molar-refractivity contribution in [1.82, 2.24) is 10.2 Å². The second kappa shape index (κ2) is 9.83. The topological polar surface area (TPSA) is 67.9 Å². The molecule has 1 aromatic carbocycles. The van der Waals surface area contributed by atoms with Gasteiger partial charge in [0.2, 0.25) is 5.91 Å². The molecule has 1 saturated heterocycles. The summed E-state index contributed by atoms with van der Waals surface area (Å²) in [5.41, 5.74) is -0.499. The average Bonchev–Trinajstić information content (AvgIpc) is 2.59. The van der Waals surface area contributed by atoms with Crippen LogP contribution in [0.5, 0.6) is 5.75 Å². The van der Waals surface area contributed by atoms with Crippen molar-refractivity contribution in [2.45, 2.75) is 45.6 Å². The largest absolute Gasteiger partial charge is 0.493 e. The Labute approximate surface area is 166 Å². The average molecular weight is 397 g/mol. The van der Waals surface area contributed by atoms with Crippen LogP contribution in [0.2, 0.25) is 5.02 Å². The summed E-state index contributed by atoms with van der Waals surface area (Å²) in [4.78, 5) is 25.9. The first-order valence-corrected chi connectivity index (χ1v) is 9.74. The van der Waals surface area contributed by atoms with E-state index in [0.29, 0.717) is 37.0 Å². The van der Waals surface area contributed by atoms with E-state index in [4.69, 9.17) is 21.1 Å². The van der Waals surface area contributed by atoms with Crippen LogP contribution in [0.3, 0.4) is 0 Å². The highest BCUT2D eigenvalue weighted by atomic mass is 35.5. The predicted molar refractivity (Wildman–Crippen MR) is 105 cm³/mol. The van der Waals surface area contributed by atoms with Crippen molar-refractivity contribution >= 4 is 23.6 Å². The molecule has 1 heterocycles. The Morgan fingerprint density at radius 2 is 2.11 bits per heavy atom. The Bertz CT molecular complexity index is 645. The molecule has 0 radical (unpaired) electrons. The van der Waals surface area contributed by atoms with Gasteiger partial charge in [-0.15, -0.1) is 0 Å². The van der Waals surface area contributed by atoms with Crippen molar-refractivity contribution in [3.05, 3.63) is 29.3 Å². The molecule has 7 heteroatoms. The minimum atomic E-state index is -0.499. The second-order valence-corrected chi connectivity index (χ2v) is 8.23. The Morgan fingerprint density at radius 1 is 1.33 bits per heavy atom. The van der Waals surface area contributed by atoms with Crippen LogP contribution in [0.25, 0.3) is 0 Å². The first-order chi connectivity index (χ1) is 12.7. The lowest BCUT2D eigenvalue weighted by molar-refractivity contribution is -0.121. The van der Waals surface area contributed by atoms with Crippen molar-refractivity contribution in [2.75, 3.05) is 26.2 Å². The lowest BCUT2D eigenvalue weighted by atomic mass is 9.98. The normalized spacial score (nSPS) is 17.3. The van der Waals surface area contributed by atoms with E-state index >= 15 is 0 Å². The molecule has 1 atom stereocenters. The van der Waals surface area contributed by atoms with E-state index < -0.39 is 5.60 Å². The van der Waals surface area contributed by atoms with Gasteiger partial charge in [-0.05, 0) is 57.7 Å². The lowest BCUT2D eigenvalue weighted by Gasteiger charge is -2.34. The van der Waals surface area contributed by atoms with E-state index in [1.54, 1.807) is 29.2 Å². The molecule has 1 aromatic rings. The third kappa shape index (κ3) is 8.08. The summed E-state index contributed by atoms with van der Waals surface area (Å²) < 4.78 is 11.0. The maximum Gasteiger partial charge on any atom is 0.410 e. The predicted octanol–water partition coefficient (Wildman–Crippen LogP) is 3.87. The Kier molecular flexibility index (Phi) is 7.78. The number of carbonyl (C=O) groups excluding carboxylic acids is 2. The van der Waals surface area contributed by atoms with Crippen molar-refractivity contribution in [2.24, 2.45) is 5.92 Å². The van der Waals surface area contributed by atoms with E-state index in [-0.39, 0.29) is 24.3 Å². The molecule has 1 fully saturated rings. The van der Waals surface area contributed by atoms with E-state index in [9.17, 15) is 9.59 Å². The number of ether oxygens (including phenoxy) is 2. The Balaban J connectivity index is 1.67. The van der Waals surface area contributed by atoms with Gasteiger partial charge in [-0.2, -0.15) is 0 Å². The van der Waals surface area contributed by atoms with Crippen molar-refractivity contribution in [3.8, 4) is 5.75 Å². The third-order valence-electron chi connectivity index (χ3n) is 4.15. The van der Waals surface area contributed by atoms with Crippen LogP contribution in [-0.4, -0.2) is 48.7 Å². The van der Waals surface area contributed by atoms with Gasteiger partial charge in [0, 0.05) is 24.7 Å². The fourth-order valence-electron chi connectivity index (χ4n) is 2.89. The van der Waals surface area contributed by atoms with E-state index in [1.165, 1.54) is 0 Å². The Morgan fingerprint density at radius 3 is 2.81 bits per heavy atom. The summed E-state index contributed by atoms with van der Waals surface area (Å²) in [6.07, 6.45) is 1.89. The highest BCUT2D eigenvalue weighted by Crippen LogP contribution is 2.19. The van der Waals surface area contributed by atoms with Crippen molar-refractivity contribution < 1.29 is 19.1 Å². The smallest absolute Gasteiger partial charge is 0.410 e.